The lowest BCUT2D eigenvalue weighted by molar-refractivity contribution is -0.0539. The number of hydrogen-bond donors (Lipinski definition) is 0. The summed E-state index contributed by atoms with van der Waals surface area (Å²) in [4.78, 5) is 7.80. The molecular weight excluding hydrogens is 322 g/mol. The van der Waals surface area contributed by atoms with E-state index in [1.54, 1.807) is 30.3 Å². The molecule has 0 saturated carbocycles. The van der Waals surface area contributed by atoms with Gasteiger partial charge in [-0.25, -0.2) is 9.97 Å². The maximum atomic E-state index is 12.2. The third-order valence-electron chi connectivity index (χ3n) is 2.12. The summed E-state index contributed by atoms with van der Waals surface area (Å²) in [6.07, 6.45) is 1.37. The SMILES string of the molecule is FC(F)Oc1ncccc1COc1cccc(Br)n1. The molecule has 0 aliphatic rings. The lowest BCUT2D eigenvalue weighted by atomic mass is 10.3. The van der Waals surface area contributed by atoms with Gasteiger partial charge in [-0.1, -0.05) is 6.07 Å². The molecule has 0 N–H and O–H groups in total. The molecule has 0 aliphatic carbocycles. The van der Waals surface area contributed by atoms with Crippen molar-refractivity contribution in [2.45, 2.75) is 13.2 Å². The zero-order valence-corrected chi connectivity index (χ0v) is 11.2. The normalized spacial score (nSPS) is 10.5. The van der Waals surface area contributed by atoms with Crippen molar-refractivity contribution in [1.29, 1.82) is 0 Å². The molecule has 2 rings (SSSR count). The third kappa shape index (κ3) is 4.13. The smallest absolute Gasteiger partial charge is 0.388 e. The molecule has 0 saturated heterocycles. The van der Waals surface area contributed by atoms with Crippen molar-refractivity contribution >= 4 is 15.9 Å². The lowest BCUT2D eigenvalue weighted by Gasteiger charge is -2.10. The highest BCUT2D eigenvalue weighted by Gasteiger charge is 2.11. The largest absolute Gasteiger partial charge is 0.473 e. The van der Waals surface area contributed by atoms with Gasteiger partial charge in [0.25, 0.3) is 0 Å². The standard InChI is InChI=1S/C12H9BrF2N2O2/c13-9-4-1-5-10(17-9)18-7-8-3-2-6-16-11(8)19-12(14)15/h1-6,12H,7H2. The minimum atomic E-state index is -2.92. The predicted molar refractivity (Wildman–Crippen MR) is 67.1 cm³/mol. The number of pyridine rings is 2. The third-order valence-corrected chi connectivity index (χ3v) is 2.56. The van der Waals surface area contributed by atoms with E-state index in [1.165, 1.54) is 6.20 Å². The van der Waals surface area contributed by atoms with Gasteiger partial charge in [0.05, 0.1) is 5.56 Å². The first-order valence-corrected chi connectivity index (χ1v) is 6.08. The van der Waals surface area contributed by atoms with Gasteiger partial charge in [-0.3, -0.25) is 0 Å². The van der Waals surface area contributed by atoms with Crippen LogP contribution in [-0.2, 0) is 6.61 Å². The number of nitrogens with zero attached hydrogens (tertiary/aromatic N) is 2. The molecule has 0 atom stereocenters. The molecular formula is C12H9BrF2N2O2. The average molecular weight is 331 g/mol. The first-order chi connectivity index (χ1) is 9.15. The van der Waals surface area contributed by atoms with Crippen LogP contribution < -0.4 is 9.47 Å². The van der Waals surface area contributed by atoms with E-state index in [0.717, 1.165) is 0 Å². The van der Waals surface area contributed by atoms with E-state index >= 15 is 0 Å². The van der Waals surface area contributed by atoms with Crippen molar-refractivity contribution in [1.82, 2.24) is 9.97 Å². The number of rotatable bonds is 5. The van der Waals surface area contributed by atoms with E-state index in [0.29, 0.717) is 16.0 Å². The number of alkyl halides is 2. The van der Waals surface area contributed by atoms with Gasteiger partial charge < -0.3 is 9.47 Å². The Morgan fingerprint density at radius 2 is 2.05 bits per heavy atom. The summed E-state index contributed by atoms with van der Waals surface area (Å²) < 4.78 is 34.7. The van der Waals surface area contributed by atoms with Crippen LogP contribution in [-0.4, -0.2) is 16.6 Å². The van der Waals surface area contributed by atoms with E-state index in [2.05, 4.69) is 30.6 Å². The summed E-state index contributed by atoms with van der Waals surface area (Å²) in [6.45, 7) is -2.88. The number of hydrogen-bond acceptors (Lipinski definition) is 4. The first-order valence-electron chi connectivity index (χ1n) is 5.29. The highest BCUT2D eigenvalue weighted by Crippen LogP contribution is 2.19. The van der Waals surface area contributed by atoms with Crippen molar-refractivity contribution in [3.8, 4) is 11.8 Å². The first kappa shape index (κ1) is 13.7. The van der Waals surface area contributed by atoms with Crippen LogP contribution in [0.1, 0.15) is 5.56 Å². The van der Waals surface area contributed by atoms with Gasteiger partial charge in [-0.05, 0) is 34.1 Å². The van der Waals surface area contributed by atoms with E-state index in [1.807, 2.05) is 0 Å². The maximum Gasteiger partial charge on any atom is 0.388 e. The molecule has 7 heteroatoms. The lowest BCUT2D eigenvalue weighted by Crippen LogP contribution is -2.08. The molecule has 0 unspecified atom stereocenters. The molecule has 0 amide bonds. The second kappa shape index (κ2) is 6.42. The molecule has 2 aromatic heterocycles. The van der Waals surface area contributed by atoms with E-state index in [9.17, 15) is 8.78 Å². The van der Waals surface area contributed by atoms with Crippen LogP contribution >= 0.6 is 15.9 Å². The molecule has 0 aromatic carbocycles. The van der Waals surface area contributed by atoms with E-state index in [4.69, 9.17) is 4.74 Å². The van der Waals surface area contributed by atoms with Crippen molar-refractivity contribution in [3.05, 3.63) is 46.7 Å². The van der Waals surface area contributed by atoms with Gasteiger partial charge in [0.15, 0.2) is 0 Å². The Labute approximate surface area is 116 Å². The fraction of sp³-hybridized carbons (Fsp3) is 0.167. The summed E-state index contributed by atoms with van der Waals surface area (Å²) >= 11 is 3.21. The second-order valence-electron chi connectivity index (χ2n) is 3.43. The van der Waals surface area contributed by atoms with Crippen molar-refractivity contribution in [2.75, 3.05) is 0 Å². The summed E-state index contributed by atoms with van der Waals surface area (Å²) in [7, 11) is 0. The van der Waals surface area contributed by atoms with Gasteiger partial charge in [-0.2, -0.15) is 8.78 Å². The van der Waals surface area contributed by atoms with Crippen LogP contribution in [0.4, 0.5) is 8.78 Å². The molecule has 0 aliphatic heterocycles. The number of aromatic nitrogens is 2. The Morgan fingerprint density at radius 1 is 1.21 bits per heavy atom. The van der Waals surface area contributed by atoms with Crippen LogP contribution in [0.25, 0.3) is 0 Å². The zero-order chi connectivity index (χ0) is 13.7. The van der Waals surface area contributed by atoms with E-state index in [-0.39, 0.29) is 12.5 Å². The Bertz CT molecular complexity index is 555. The van der Waals surface area contributed by atoms with Crippen molar-refractivity contribution < 1.29 is 18.3 Å². The van der Waals surface area contributed by atoms with Gasteiger partial charge >= 0.3 is 6.61 Å². The molecule has 4 nitrogen and oxygen atoms in total. The van der Waals surface area contributed by atoms with Crippen LogP contribution in [0, 0.1) is 0 Å². The van der Waals surface area contributed by atoms with Crippen LogP contribution in [0.2, 0.25) is 0 Å². The molecule has 0 spiro atoms. The number of ether oxygens (including phenoxy) is 2. The predicted octanol–water partition coefficient (Wildman–Crippen LogP) is 3.42. The quantitative estimate of drug-likeness (QED) is 0.788. The van der Waals surface area contributed by atoms with Crippen LogP contribution in [0.3, 0.4) is 0 Å². The van der Waals surface area contributed by atoms with Crippen LogP contribution in [0.5, 0.6) is 11.8 Å². The fourth-order valence-corrected chi connectivity index (χ4v) is 1.67. The van der Waals surface area contributed by atoms with Crippen molar-refractivity contribution in [2.24, 2.45) is 0 Å². The molecule has 0 bridgehead atoms. The Hall–Kier alpha value is -1.76. The highest BCUT2D eigenvalue weighted by molar-refractivity contribution is 9.10. The van der Waals surface area contributed by atoms with E-state index < -0.39 is 6.61 Å². The molecule has 0 fully saturated rings. The summed E-state index contributed by atoms with van der Waals surface area (Å²) in [5.41, 5.74) is 0.421. The average Bonchev–Trinajstić information content (AvgIpc) is 2.37. The Balaban J connectivity index is 2.07. The minimum Gasteiger partial charge on any atom is -0.473 e. The van der Waals surface area contributed by atoms with Gasteiger partial charge in [-0.15, -0.1) is 0 Å². The molecule has 2 heterocycles. The molecule has 2 aromatic rings. The van der Waals surface area contributed by atoms with Crippen LogP contribution in [0.15, 0.2) is 41.1 Å². The summed E-state index contributed by atoms with van der Waals surface area (Å²) in [6, 6.07) is 8.39. The number of halogens is 3. The van der Waals surface area contributed by atoms with Gasteiger partial charge in [0.2, 0.25) is 11.8 Å². The monoisotopic (exact) mass is 330 g/mol. The maximum absolute atomic E-state index is 12.2. The fourth-order valence-electron chi connectivity index (χ4n) is 1.35. The zero-order valence-electron chi connectivity index (χ0n) is 9.59. The summed E-state index contributed by atoms with van der Waals surface area (Å²) in [5.74, 6) is 0.230. The second-order valence-corrected chi connectivity index (χ2v) is 4.25. The minimum absolute atomic E-state index is 0.0410. The summed E-state index contributed by atoms with van der Waals surface area (Å²) in [5, 5.41) is 0. The Kier molecular flexibility index (Phi) is 4.62. The topological polar surface area (TPSA) is 44.2 Å². The Morgan fingerprint density at radius 3 is 2.79 bits per heavy atom. The van der Waals surface area contributed by atoms with Gasteiger partial charge in [0, 0.05) is 12.3 Å². The van der Waals surface area contributed by atoms with Gasteiger partial charge in [0.1, 0.15) is 11.2 Å². The molecule has 100 valence electrons. The molecule has 0 radical (unpaired) electrons. The molecule has 19 heavy (non-hydrogen) atoms. The highest BCUT2D eigenvalue weighted by atomic mass is 79.9. The van der Waals surface area contributed by atoms with Crippen molar-refractivity contribution in [3.63, 3.8) is 0 Å².